The van der Waals surface area contributed by atoms with E-state index < -0.39 is 0 Å². The summed E-state index contributed by atoms with van der Waals surface area (Å²) >= 11 is 0. The van der Waals surface area contributed by atoms with Gasteiger partial charge in [0.05, 0.1) is 13.2 Å². The van der Waals surface area contributed by atoms with Crippen molar-refractivity contribution < 1.29 is 14.9 Å². The molecule has 0 spiro atoms. The minimum Gasteiger partial charge on any atom is -0.396 e. The van der Waals surface area contributed by atoms with E-state index >= 15 is 0 Å². The van der Waals surface area contributed by atoms with Gasteiger partial charge in [0, 0.05) is 26.3 Å². The number of hydrogen-bond acceptors (Lipinski definition) is 4. The topological polar surface area (TPSA) is 52.9 Å². The maximum atomic E-state index is 8.55. The van der Waals surface area contributed by atoms with E-state index in [0.717, 1.165) is 58.5 Å². The van der Waals surface area contributed by atoms with Crippen LogP contribution in [-0.4, -0.2) is 61.2 Å². The molecule has 1 saturated heterocycles. The molecule has 98 valence electrons. The van der Waals surface area contributed by atoms with Gasteiger partial charge >= 0.3 is 0 Å². The van der Waals surface area contributed by atoms with E-state index in [9.17, 15) is 0 Å². The average molecular weight is 233 g/mol. The van der Waals surface area contributed by atoms with E-state index in [4.69, 9.17) is 14.9 Å². The fraction of sp³-hybridized carbons (Fsp3) is 1.00. The lowest BCUT2D eigenvalue weighted by molar-refractivity contribution is 0.0366. The molecule has 0 aromatic carbocycles. The molecule has 0 aromatic heterocycles. The van der Waals surface area contributed by atoms with Gasteiger partial charge in [-0.1, -0.05) is 13.3 Å². The molecule has 4 heteroatoms. The lowest BCUT2D eigenvalue weighted by Crippen LogP contribution is -2.36. The molecule has 0 saturated carbocycles. The van der Waals surface area contributed by atoms with Crippen molar-refractivity contribution in [2.24, 2.45) is 0 Å². The highest BCUT2D eigenvalue weighted by molar-refractivity contribution is 4.61. The van der Waals surface area contributed by atoms with Crippen LogP contribution in [-0.2, 0) is 4.74 Å². The standard InChI is InChI=1S/C8H17NO2.C4H10O/c10-6-2-1-3-9-4-7-11-8-5-9;1-2-3-4-5/h10H,1-8H2;5H,2-4H2,1H3. The highest BCUT2D eigenvalue weighted by Crippen LogP contribution is 1.99. The summed E-state index contributed by atoms with van der Waals surface area (Å²) in [7, 11) is 0. The van der Waals surface area contributed by atoms with Crippen LogP contribution in [0.1, 0.15) is 32.6 Å². The highest BCUT2D eigenvalue weighted by Gasteiger charge is 2.08. The van der Waals surface area contributed by atoms with Gasteiger partial charge in [-0.2, -0.15) is 0 Å². The molecule has 0 atom stereocenters. The lowest BCUT2D eigenvalue weighted by atomic mass is 10.3. The van der Waals surface area contributed by atoms with Crippen LogP contribution < -0.4 is 0 Å². The van der Waals surface area contributed by atoms with E-state index in [-0.39, 0.29) is 0 Å². The summed E-state index contributed by atoms with van der Waals surface area (Å²) in [4.78, 5) is 2.39. The number of morpholine rings is 1. The minimum atomic E-state index is 0.324. The van der Waals surface area contributed by atoms with Crippen molar-refractivity contribution in [1.82, 2.24) is 4.90 Å². The molecular weight excluding hydrogens is 206 g/mol. The molecule has 1 heterocycles. The van der Waals surface area contributed by atoms with Crippen LogP contribution in [0.4, 0.5) is 0 Å². The summed E-state index contributed by atoms with van der Waals surface area (Å²) in [5.41, 5.74) is 0. The van der Waals surface area contributed by atoms with Gasteiger partial charge in [0.15, 0.2) is 0 Å². The zero-order valence-corrected chi connectivity index (χ0v) is 10.5. The van der Waals surface area contributed by atoms with E-state index in [1.54, 1.807) is 0 Å². The van der Waals surface area contributed by atoms with Crippen molar-refractivity contribution in [3.05, 3.63) is 0 Å². The second-order valence-corrected chi connectivity index (χ2v) is 3.96. The fourth-order valence-electron chi connectivity index (χ4n) is 1.43. The third-order valence-electron chi connectivity index (χ3n) is 2.50. The number of unbranched alkanes of at least 4 members (excludes halogenated alkanes) is 2. The van der Waals surface area contributed by atoms with E-state index in [1.165, 1.54) is 0 Å². The normalized spacial score (nSPS) is 16.7. The first kappa shape index (κ1) is 15.8. The molecule has 1 rings (SSSR count). The largest absolute Gasteiger partial charge is 0.396 e. The number of rotatable bonds is 6. The minimum absolute atomic E-state index is 0.324. The SMILES string of the molecule is CCCCO.OCCCCN1CCOCC1. The van der Waals surface area contributed by atoms with Gasteiger partial charge in [0.25, 0.3) is 0 Å². The third-order valence-corrected chi connectivity index (χ3v) is 2.50. The van der Waals surface area contributed by atoms with Gasteiger partial charge in [-0.25, -0.2) is 0 Å². The maximum Gasteiger partial charge on any atom is 0.0594 e. The van der Waals surface area contributed by atoms with Crippen molar-refractivity contribution in [3.63, 3.8) is 0 Å². The number of nitrogens with zero attached hydrogens (tertiary/aromatic N) is 1. The smallest absolute Gasteiger partial charge is 0.0594 e. The van der Waals surface area contributed by atoms with Crippen LogP contribution in [0.5, 0.6) is 0 Å². The third kappa shape index (κ3) is 10.4. The fourth-order valence-corrected chi connectivity index (χ4v) is 1.43. The highest BCUT2D eigenvalue weighted by atomic mass is 16.5. The van der Waals surface area contributed by atoms with Gasteiger partial charge in [-0.3, -0.25) is 4.90 Å². The van der Waals surface area contributed by atoms with Crippen molar-refractivity contribution in [3.8, 4) is 0 Å². The Balaban J connectivity index is 0.000000385. The maximum absolute atomic E-state index is 8.55. The molecule has 0 aromatic rings. The monoisotopic (exact) mass is 233 g/mol. The van der Waals surface area contributed by atoms with Gasteiger partial charge in [0.2, 0.25) is 0 Å². The Labute approximate surface area is 99.2 Å². The number of hydrogen-bond donors (Lipinski definition) is 2. The Morgan fingerprint density at radius 3 is 2.06 bits per heavy atom. The molecule has 0 amide bonds. The number of ether oxygens (including phenoxy) is 1. The first-order valence-electron chi connectivity index (χ1n) is 6.37. The number of aliphatic hydroxyl groups is 2. The lowest BCUT2D eigenvalue weighted by Gasteiger charge is -2.26. The Kier molecular flexibility index (Phi) is 12.8. The quantitative estimate of drug-likeness (QED) is 0.668. The zero-order chi connectivity index (χ0) is 12.1. The van der Waals surface area contributed by atoms with Gasteiger partial charge in [-0.15, -0.1) is 0 Å². The molecular formula is C12H27NO3. The van der Waals surface area contributed by atoms with Gasteiger partial charge < -0.3 is 14.9 Å². The zero-order valence-electron chi connectivity index (χ0n) is 10.5. The predicted octanol–water partition coefficient (Wildman–Crippen LogP) is 0.870. The summed E-state index contributed by atoms with van der Waals surface area (Å²) in [6.45, 7) is 7.70. The van der Waals surface area contributed by atoms with Crippen LogP contribution in [0.2, 0.25) is 0 Å². The van der Waals surface area contributed by atoms with E-state index in [2.05, 4.69) is 11.8 Å². The van der Waals surface area contributed by atoms with Crippen LogP contribution in [0.25, 0.3) is 0 Å². The van der Waals surface area contributed by atoms with E-state index in [0.29, 0.717) is 13.2 Å². The molecule has 0 unspecified atom stereocenters. The summed E-state index contributed by atoms with van der Waals surface area (Å²) < 4.78 is 5.21. The molecule has 1 aliphatic heterocycles. The summed E-state index contributed by atoms with van der Waals surface area (Å²) in [6.07, 6.45) is 4.07. The Morgan fingerprint density at radius 1 is 1.00 bits per heavy atom. The molecule has 0 bridgehead atoms. The second-order valence-electron chi connectivity index (χ2n) is 3.96. The van der Waals surface area contributed by atoms with Crippen LogP contribution in [0.3, 0.4) is 0 Å². The Bertz CT molecular complexity index is 125. The molecule has 2 N–H and O–H groups in total. The van der Waals surface area contributed by atoms with Crippen molar-refractivity contribution in [2.45, 2.75) is 32.6 Å². The van der Waals surface area contributed by atoms with Crippen LogP contribution >= 0.6 is 0 Å². The van der Waals surface area contributed by atoms with E-state index in [1.807, 2.05) is 0 Å². The van der Waals surface area contributed by atoms with Crippen molar-refractivity contribution >= 4 is 0 Å². The Morgan fingerprint density at radius 2 is 1.62 bits per heavy atom. The second kappa shape index (κ2) is 12.9. The molecule has 1 fully saturated rings. The first-order chi connectivity index (χ1) is 7.85. The predicted molar refractivity (Wildman–Crippen MR) is 65.6 cm³/mol. The first-order valence-corrected chi connectivity index (χ1v) is 6.37. The molecule has 0 radical (unpaired) electrons. The van der Waals surface area contributed by atoms with Gasteiger partial charge in [0.1, 0.15) is 0 Å². The summed E-state index contributed by atoms with van der Waals surface area (Å²) in [5.74, 6) is 0. The summed E-state index contributed by atoms with van der Waals surface area (Å²) in [6, 6.07) is 0. The average Bonchev–Trinajstić information content (AvgIpc) is 2.33. The molecule has 16 heavy (non-hydrogen) atoms. The van der Waals surface area contributed by atoms with Crippen LogP contribution in [0.15, 0.2) is 0 Å². The molecule has 4 nitrogen and oxygen atoms in total. The van der Waals surface area contributed by atoms with Crippen molar-refractivity contribution in [2.75, 3.05) is 46.1 Å². The molecule has 1 aliphatic rings. The summed E-state index contributed by atoms with van der Waals surface area (Å²) in [5, 5.41) is 16.6. The van der Waals surface area contributed by atoms with Crippen molar-refractivity contribution in [1.29, 1.82) is 0 Å². The van der Waals surface area contributed by atoms with Gasteiger partial charge in [-0.05, 0) is 25.8 Å². The number of aliphatic hydroxyl groups excluding tert-OH is 2. The Hall–Kier alpha value is -0.160. The van der Waals surface area contributed by atoms with Crippen LogP contribution in [0, 0.1) is 0 Å². The molecule has 0 aliphatic carbocycles.